The number of aromatic nitrogens is 2. The van der Waals surface area contributed by atoms with Gasteiger partial charge in [0.2, 0.25) is 5.91 Å². The van der Waals surface area contributed by atoms with Crippen LogP contribution in [-0.4, -0.2) is 27.4 Å². The van der Waals surface area contributed by atoms with Gasteiger partial charge in [-0.2, -0.15) is 0 Å². The highest BCUT2D eigenvalue weighted by Gasteiger charge is 2.17. The van der Waals surface area contributed by atoms with Crippen LogP contribution in [0.1, 0.15) is 11.3 Å². The van der Waals surface area contributed by atoms with Crippen molar-refractivity contribution in [3.63, 3.8) is 0 Å². The SMILES string of the molecule is Cc1nc2ccccc2n(CC(=O)N(C)Cc2c(F)cccc2Cl)c1=O. The molecule has 1 aromatic heterocycles. The number of nitrogens with zero attached hydrogens (tertiary/aromatic N) is 3. The van der Waals surface area contributed by atoms with E-state index in [1.54, 1.807) is 38.2 Å². The van der Waals surface area contributed by atoms with E-state index in [1.807, 2.05) is 6.07 Å². The number of aryl methyl sites for hydroxylation is 1. The second-order valence-corrected chi connectivity index (χ2v) is 6.43. The Morgan fingerprint density at radius 2 is 1.96 bits per heavy atom. The summed E-state index contributed by atoms with van der Waals surface area (Å²) in [5, 5.41) is 0.257. The van der Waals surface area contributed by atoms with E-state index in [9.17, 15) is 14.0 Å². The van der Waals surface area contributed by atoms with Crippen LogP contribution in [0.5, 0.6) is 0 Å². The first-order valence-electron chi connectivity index (χ1n) is 8.01. The van der Waals surface area contributed by atoms with Crippen LogP contribution in [0.3, 0.4) is 0 Å². The number of carbonyl (C=O) groups is 1. The average molecular weight is 374 g/mol. The Morgan fingerprint density at radius 1 is 1.23 bits per heavy atom. The van der Waals surface area contributed by atoms with Gasteiger partial charge < -0.3 is 4.90 Å². The maximum atomic E-state index is 13.9. The van der Waals surface area contributed by atoms with Gasteiger partial charge >= 0.3 is 0 Å². The number of amides is 1. The minimum Gasteiger partial charge on any atom is -0.340 e. The zero-order valence-electron chi connectivity index (χ0n) is 14.4. The standard InChI is InChI=1S/C19H17ClFN3O2/c1-12-19(26)24(17-9-4-3-8-16(17)22-12)11-18(25)23(2)10-13-14(20)6-5-7-15(13)21/h3-9H,10-11H2,1-2H3. The molecular formula is C19H17ClFN3O2. The van der Waals surface area contributed by atoms with Crippen molar-refractivity contribution in [1.29, 1.82) is 0 Å². The first kappa shape index (κ1) is 18.1. The maximum absolute atomic E-state index is 13.9. The lowest BCUT2D eigenvalue weighted by molar-refractivity contribution is -0.131. The third-order valence-corrected chi connectivity index (χ3v) is 4.55. The van der Waals surface area contributed by atoms with Gasteiger partial charge in [0.05, 0.1) is 11.0 Å². The molecule has 1 heterocycles. The molecule has 134 valence electrons. The van der Waals surface area contributed by atoms with E-state index in [1.165, 1.54) is 21.6 Å². The monoisotopic (exact) mass is 373 g/mol. The fourth-order valence-electron chi connectivity index (χ4n) is 2.74. The summed E-state index contributed by atoms with van der Waals surface area (Å²) in [5.74, 6) is -0.804. The van der Waals surface area contributed by atoms with Crippen molar-refractivity contribution in [1.82, 2.24) is 14.5 Å². The average Bonchev–Trinajstić information content (AvgIpc) is 2.61. The number of fused-ring (bicyclic) bond motifs is 1. The van der Waals surface area contributed by atoms with Crippen LogP contribution in [0.4, 0.5) is 4.39 Å². The second-order valence-electron chi connectivity index (χ2n) is 6.03. The van der Waals surface area contributed by atoms with Crippen LogP contribution >= 0.6 is 11.6 Å². The van der Waals surface area contributed by atoms with Crippen LogP contribution in [0.25, 0.3) is 11.0 Å². The molecule has 0 atom stereocenters. The van der Waals surface area contributed by atoms with E-state index in [-0.39, 0.29) is 35.1 Å². The van der Waals surface area contributed by atoms with Crippen LogP contribution in [0.2, 0.25) is 5.02 Å². The van der Waals surface area contributed by atoms with Gasteiger partial charge in [-0.05, 0) is 31.2 Å². The quantitative estimate of drug-likeness (QED) is 0.706. The fraction of sp³-hybridized carbons (Fsp3) is 0.211. The summed E-state index contributed by atoms with van der Waals surface area (Å²) in [6.45, 7) is 1.46. The molecule has 3 aromatic rings. The number of benzene rings is 2. The normalized spacial score (nSPS) is 10.9. The molecule has 0 saturated carbocycles. The van der Waals surface area contributed by atoms with Crippen molar-refractivity contribution in [3.05, 3.63) is 74.9 Å². The van der Waals surface area contributed by atoms with E-state index in [0.717, 1.165) is 0 Å². The molecule has 2 aromatic carbocycles. The lowest BCUT2D eigenvalue weighted by Crippen LogP contribution is -2.35. The van der Waals surface area contributed by atoms with E-state index >= 15 is 0 Å². The second kappa shape index (κ2) is 7.25. The highest BCUT2D eigenvalue weighted by Crippen LogP contribution is 2.20. The number of halogens is 2. The smallest absolute Gasteiger partial charge is 0.272 e. The molecular weight excluding hydrogens is 357 g/mol. The summed E-state index contributed by atoms with van der Waals surface area (Å²) in [6, 6.07) is 11.5. The number of carbonyl (C=O) groups excluding carboxylic acids is 1. The van der Waals surface area contributed by atoms with Crippen molar-refractivity contribution >= 4 is 28.5 Å². The number of hydrogen-bond acceptors (Lipinski definition) is 3. The van der Waals surface area contributed by atoms with Crippen molar-refractivity contribution in [2.75, 3.05) is 7.05 Å². The van der Waals surface area contributed by atoms with Crippen molar-refractivity contribution in [2.24, 2.45) is 0 Å². The Morgan fingerprint density at radius 3 is 2.69 bits per heavy atom. The molecule has 3 rings (SSSR count). The summed E-state index contributed by atoms with van der Waals surface area (Å²) < 4.78 is 15.3. The molecule has 7 heteroatoms. The van der Waals surface area contributed by atoms with E-state index in [0.29, 0.717) is 16.7 Å². The highest BCUT2D eigenvalue weighted by atomic mass is 35.5. The zero-order chi connectivity index (χ0) is 18.8. The van der Waals surface area contributed by atoms with E-state index in [2.05, 4.69) is 4.98 Å². The minimum atomic E-state index is -0.473. The zero-order valence-corrected chi connectivity index (χ0v) is 15.1. The van der Waals surface area contributed by atoms with Gasteiger partial charge in [0, 0.05) is 24.2 Å². The molecule has 0 aliphatic heterocycles. The third-order valence-electron chi connectivity index (χ3n) is 4.19. The lowest BCUT2D eigenvalue weighted by Gasteiger charge is -2.20. The maximum Gasteiger partial charge on any atom is 0.272 e. The van der Waals surface area contributed by atoms with Crippen LogP contribution in [0, 0.1) is 12.7 Å². The molecule has 1 amide bonds. The molecule has 0 aliphatic carbocycles. The van der Waals surface area contributed by atoms with Crippen LogP contribution < -0.4 is 5.56 Å². The summed E-state index contributed by atoms with van der Waals surface area (Å²) >= 11 is 6.02. The minimum absolute atomic E-state index is 0.0150. The van der Waals surface area contributed by atoms with Gasteiger partial charge in [0.15, 0.2) is 0 Å². The predicted octanol–water partition coefficient (Wildman–Crippen LogP) is 3.16. The molecule has 0 radical (unpaired) electrons. The molecule has 0 N–H and O–H groups in total. The number of para-hydroxylation sites is 2. The van der Waals surface area contributed by atoms with Gasteiger partial charge in [-0.1, -0.05) is 29.8 Å². The Kier molecular flexibility index (Phi) is 5.04. The summed E-state index contributed by atoms with van der Waals surface area (Å²) in [5.41, 5.74) is 1.45. The van der Waals surface area contributed by atoms with Gasteiger partial charge in [0.1, 0.15) is 18.1 Å². The van der Waals surface area contributed by atoms with E-state index in [4.69, 9.17) is 11.6 Å². The molecule has 0 unspecified atom stereocenters. The molecule has 0 spiro atoms. The first-order chi connectivity index (χ1) is 12.4. The van der Waals surface area contributed by atoms with Crippen molar-refractivity contribution < 1.29 is 9.18 Å². The molecule has 5 nitrogen and oxygen atoms in total. The van der Waals surface area contributed by atoms with Crippen LogP contribution in [0.15, 0.2) is 47.3 Å². The Bertz CT molecular complexity index is 1030. The molecule has 0 aliphatic rings. The van der Waals surface area contributed by atoms with Gasteiger partial charge in [-0.15, -0.1) is 0 Å². The Balaban J connectivity index is 1.90. The van der Waals surface area contributed by atoms with Crippen LogP contribution in [-0.2, 0) is 17.9 Å². The Hall–Kier alpha value is -2.73. The number of hydrogen-bond donors (Lipinski definition) is 0. The highest BCUT2D eigenvalue weighted by molar-refractivity contribution is 6.31. The van der Waals surface area contributed by atoms with Crippen molar-refractivity contribution in [3.8, 4) is 0 Å². The molecule has 0 saturated heterocycles. The van der Waals surface area contributed by atoms with Gasteiger partial charge in [-0.3, -0.25) is 14.2 Å². The van der Waals surface area contributed by atoms with Gasteiger partial charge in [-0.25, -0.2) is 9.37 Å². The third kappa shape index (κ3) is 3.46. The number of rotatable bonds is 4. The van der Waals surface area contributed by atoms with Crippen molar-refractivity contribution in [2.45, 2.75) is 20.0 Å². The molecule has 0 fully saturated rings. The molecule has 0 bridgehead atoms. The largest absolute Gasteiger partial charge is 0.340 e. The molecule has 26 heavy (non-hydrogen) atoms. The summed E-state index contributed by atoms with van der Waals surface area (Å²) in [7, 11) is 1.55. The summed E-state index contributed by atoms with van der Waals surface area (Å²) in [6.07, 6.45) is 0. The Labute approximate surface area is 154 Å². The van der Waals surface area contributed by atoms with Gasteiger partial charge in [0.25, 0.3) is 5.56 Å². The lowest BCUT2D eigenvalue weighted by atomic mass is 10.2. The predicted molar refractivity (Wildman–Crippen MR) is 98.6 cm³/mol. The fourth-order valence-corrected chi connectivity index (χ4v) is 2.96. The van der Waals surface area contributed by atoms with E-state index < -0.39 is 5.82 Å². The topological polar surface area (TPSA) is 55.2 Å². The number of likely N-dealkylation sites (N-methyl/N-ethyl adjacent to an activating group) is 1. The first-order valence-corrected chi connectivity index (χ1v) is 8.39. The summed E-state index contributed by atoms with van der Waals surface area (Å²) in [4.78, 5) is 30.7.